The number of morpholine rings is 1. The van der Waals surface area contributed by atoms with Crippen LogP contribution in [0.4, 0.5) is 0 Å². The Labute approximate surface area is 136 Å². The number of phenolic OH excluding ortho intramolecular Hbond substituents is 1. The molecule has 0 aliphatic carbocycles. The highest BCUT2D eigenvalue weighted by molar-refractivity contribution is 5.47. The number of nitrogens with zero attached hydrogens (tertiary/aromatic N) is 1. The lowest BCUT2D eigenvalue weighted by atomic mass is 9.85. The fourth-order valence-electron chi connectivity index (χ4n) is 3.53. The van der Waals surface area contributed by atoms with Crippen LogP contribution >= 0.6 is 0 Å². The molecule has 2 atom stereocenters. The van der Waals surface area contributed by atoms with Crippen molar-refractivity contribution < 1.29 is 14.6 Å². The van der Waals surface area contributed by atoms with Crippen LogP contribution in [0.5, 0.6) is 11.5 Å². The minimum absolute atomic E-state index is 0.0263. The van der Waals surface area contributed by atoms with E-state index in [0.29, 0.717) is 0 Å². The van der Waals surface area contributed by atoms with Gasteiger partial charge >= 0.3 is 0 Å². The first-order valence-corrected chi connectivity index (χ1v) is 8.17. The maximum absolute atomic E-state index is 9.83. The molecule has 23 heavy (non-hydrogen) atoms. The van der Waals surface area contributed by atoms with Crippen molar-refractivity contribution in [3.63, 3.8) is 0 Å². The van der Waals surface area contributed by atoms with Crippen molar-refractivity contribution in [3.8, 4) is 11.5 Å². The van der Waals surface area contributed by atoms with Gasteiger partial charge in [0, 0.05) is 37.1 Å². The zero-order chi connectivity index (χ0) is 15.6. The molecule has 1 N–H and O–H groups in total. The van der Waals surface area contributed by atoms with Gasteiger partial charge in [-0.15, -0.1) is 0 Å². The van der Waals surface area contributed by atoms with Gasteiger partial charge in [0.15, 0.2) is 6.23 Å². The predicted octanol–water partition coefficient (Wildman–Crippen LogP) is 2.96. The van der Waals surface area contributed by atoms with Crippen LogP contribution in [0.25, 0.3) is 0 Å². The van der Waals surface area contributed by atoms with Gasteiger partial charge in [-0.25, -0.2) is 0 Å². The lowest BCUT2D eigenvalue weighted by Crippen LogP contribution is -2.48. The van der Waals surface area contributed by atoms with E-state index in [1.54, 1.807) is 12.1 Å². The van der Waals surface area contributed by atoms with E-state index in [1.165, 1.54) is 5.56 Å². The standard InChI is InChI=1S/C19H21NO3/c21-15-6-7-16-17(14-4-2-1-3-5-14)13-19(23-18(16)12-15)20-8-10-22-11-9-20/h1-7,12,17,19,21H,8-11,13H2. The van der Waals surface area contributed by atoms with Crippen LogP contribution in [0.3, 0.4) is 0 Å². The zero-order valence-corrected chi connectivity index (χ0v) is 13.0. The third-order valence-corrected chi connectivity index (χ3v) is 4.73. The molecule has 2 aliphatic heterocycles. The summed E-state index contributed by atoms with van der Waals surface area (Å²) in [6.07, 6.45) is 0.945. The average Bonchev–Trinajstić information content (AvgIpc) is 2.62. The number of hydrogen-bond donors (Lipinski definition) is 1. The minimum Gasteiger partial charge on any atom is -0.508 e. The first kappa shape index (κ1) is 14.5. The molecule has 2 unspecified atom stereocenters. The van der Waals surface area contributed by atoms with Crippen molar-refractivity contribution in [1.29, 1.82) is 0 Å². The summed E-state index contributed by atoms with van der Waals surface area (Å²) in [6.45, 7) is 3.28. The molecule has 1 saturated heterocycles. The van der Waals surface area contributed by atoms with Gasteiger partial charge in [0.2, 0.25) is 0 Å². The molecule has 2 heterocycles. The van der Waals surface area contributed by atoms with Gasteiger partial charge in [0.25, 0.3) is 0 Å². The molecule has 2 aromatic rings. The molecule has 120 valence electrons. The summed E-state index contributed by atoms with van der Waals surface area (Å²) in [4.78, 5) is 2.34. The molecule has 2 aliphatic rings. The molecule has 1 fully saturated rings. The van der Waals surface area contributed by atoms with E-state index in [1.807, 2.05) is 12.1 Å². The van der Waals surface area contributed by atoms with Crippen molar-refractivity contribution in [2.24, 2.45) is 0 Å². The van der Waals surface area contributed by atoms with Gasteiger partial charge in [0.1, 0.15) is 11.5 Å². The van der Waals surface area contributed by atoms with Crippen LogP contribution < -0.4 is 4.74 Å². The Hall–Kier alpha value is -2.04. The predicted molar refractivity (Wildman–Crippen MR) is 87.8 cm³/mol. The third-order valence-electron chi connectivity index (χ3n) is 4.73. The highest BCUT2D eigenvalue weighted by atomic mass is 16.5. The van der Waals surface area contributed by atoms with Crippen molar-refractivity contribution in [1.82, 2.24) is 4.90 Å². The van der Waals surface area contributed by atoms with E-state index < -0.39 is 0 Å². The first-order valence-electron chi connectivity index (χ1n) is 8.17. The van der Waals surface area contributed by atoms with E-state index in [4.69, 9.17) is 9.47 Å². The number of phenols is 1. The van der Waals surface area contributed by atoms with E-state index in [2.05, 4.69) is 29.2 Å². The van der Waals surface area contributed by atoms with Gasteiger partial charge in [-0.05, 0) is 11.6 Å². The minimum atomic E-state index is 0.0263. The molecular formula is C19H21NO3. The summed E-state index contributed by atoms with van der Waals surface area (Å²) >= 11 is 0. The molecule has 0 saturated carbocycles. The largest absolute Gasteiger partial charge is 0.508 e. The molecule has 4 rings (SSSR count). The Morgan fingerprint density at radius 1 is 1.00 bits per heavy atom. The fourth-order valence-corrected chi connectivity index (χ4v) is 3.53. The van der Waals surface area contributed by atoms with Crippen molar-refractivity contribution in [2.45, 2.75) is 18.6 Å². The van der Waals surface area contributed by atoms with Gasteiger partial charge < -0.3 is 14.6 Å². The van der Waals surface area contributed by atoms with Crippen molar-refractivity contribution in [3.05, 3.63) is 59.7 Å². The fraction of sp³-hybridized carbons (Fsp3) is 0.368. The topological polar surface area (TPSA) is 41.9 Å². The molecule has 0 radical (unpaired) electrons. The summed E-state index contributed by atoms with van der Waals surface area (Å²) < 4.78 is 11.7. The number of rotatable bonds is 2. The number of ether oxygens (including phenoxy) is 2. The highest BCUT2D eigenvalue weighted by Crippen LogP contribution is 2.42. The molecule has 0 amide bonds. The van der Waals surface area contributed by atoms with Gasteiger partial charge in [0.05, 0.1) is 13.2 Å². The highest BCUT2D eigenvalue weighted by Gasteiger charge is 2.33. The quantitative estimate of drug-likeness (QED) is 0.926. The van der Waals surface area contributed by atoms with Crippen molar-refractivity contribution >= 4 is 0 Å². The number of aromatic hydroxyl groups is 1. The number of benzene rings is 2. The van der Waals surface area contributed by atoms with E-state index in [0.717, 1.165) is 44.0 Å². The van der Waals surface area contributed by atoms with E-state index in [-0.39, 0.29) is 17.9 Å². The molecule has 4 nitrogen and oxygen atoms in total. The second kappa shape index (κ2) is 6.22. The Kier molecular flexibility index (Phi) is 3.93. The summed E-state index contributed by atoms with van der Waals surface area (Å²) in [5.41, 5.74) is 2.44. The molecular weight excluding hydrogens is 290 g/mol. The monoisotopic (exact) mass is 311 g/mol. The Balaban J connectivity index is 1.70. The average molecular weight is 311 g/mol. The van der Waals surface area contributed by atoms with Crippen LogP contribution in [-0.4, -0.2) is 42.5 Å². The van der Waals surface area contributed by atoms with Crippen LogP contribution in [0, 0.1) is 0 Å². The molecule has 2 aromatic carbocycles. The van der Waals surface area contributed by atoms with Crippen molar-refractivity contribution in [2.75, 3.05) is 26.3 Å². The van der Waals surface area contributed by atoms with Gasteiger partial charge in [-0.3, -0.25) is 4.90 Å². The number of hydrogen-bond acceptors (Lipinski definition) is 4. The normalized spacial score (nSPS) is 24.7. The summed E-state index contributed by atoms with van der Waals surface area (Å²) in [5.74, 6) is 1.33. The Morgan fingerprint density at radius 3 is 2.57 bits per heavy atom. The SMILES string of the molecule is Oc1ccc2c(c1)OC(N1CCOCC1)CC2c1ccccc1. The van der Waals surface area contributed by atoms with Crippen LogP contribution in [0.15, 0.2) is 48.5 Å². The molecule has 0 spiro atoms. The first-order chi connectivity index (χ1) is 11.3. The maximum Gasteiger partial charge on any atom is 0.153 e. The summed E-state index contributed by atoms with van der Waals surface area (Å²) in [6, 6.07) is 16.0. The van der Waals surface area contributed by atoms with Gasteiger partial charge in [-0.1, -0.05) is 36.4 Å². The molecule has 0 bridgehead atoms. The summed E-state index contributed by atoms with van der Waals surface area (Å²) in [7, 11) is 0. The van der Waals surface area contributed by atoms with Crippen LogP contribution in [0.1, 0.15) is 23.5 Å². The Bertz CT molecular complexity index is 668. The lowest BCUT2D eigenvalue weighted by Gasteiger charge is -2.40. The van der Waals surface area contributed by atoms with E-state index >= 15 is 0 Å². The van der Waals surface area contributed by atoms with E-state index in [9.17, 15) is 5.11 Å². The second-order valence-electron chi connectivity index (χ2n) is 6.14. The third kappa shape index (κ3) is 2.92. The second-order valence-corrected chi connectivity index (χ2v) is 6.14. The molecule has 4 heteroatoms. The molecule has 0 aromatic heterocycles. The van der Waals surface area contributed by atoms with Crippen LogP contribution in [-0.2, 0) is 4.74 Å². The maximum atomic E-state index is 9.83. The van der Waals surface area contributed by atoms with Crippen LogP contribution in [0.2, 0.25) is 0 Å². The number of fused-ring (bicyclic) bond motifs is 1. The Morgan fingerprint density at radius 2 is 1.78 bits per heavy atom. The smallest absolute Gasteiger partial charge is 0.153 e. The summed E-state index contributed by atoms with van der Waals surface area (Å²) in [5, 5.41) is 9.83. The zero-order valence-electron chi connectivity index (χ0n) is 13.0. The van der Waals surface area contributed by atoms with Gasteiger partial charge in [-0.2, -0.15) is 0 Å². The lowest BCUT2D eigenvalue weighted by molar-refractivity contribution is -0.0558.